The normalized spacial score (nSPS) is 13.2. The van der Waals surface area contributed by atoms with Crippen LogP contribution in [0.15, 0.2) is 29.2 Å². The summed E-state index contributed by atoms with van der Waals surface area (Å²) in [4.78, 5) is 0.325. The maximum absolute atomic E-state index is 12.1. The molecule has 0 heterocycles. The van der Waals surface area contributed by atoms with E-state index in [2.05, 4.69) is 23.9 Å². The van der Waals surface area contributed by atoms with Gasteiger partial charge in [-0.05, 0) is 25.0 Å². The van der Waals surface area contributed by atoms with Crippen molar-refractivity contribution in [3.63, 3.8) is 0 Å². The fraction of sp³-hybridized carbons (Fsp3) is 0.571. The molecule has 2 N–H and O–H groups in total. The summed E-state index contributed by atoms with van der Waals surface area (Å²) in [7, 11) is -3.42. The molecule has 0 fully saturated rings. The van der Waals surface area contributed by atoms with Crippen LogP contribution in [0.3, 0.4) is 0 Å². The van der Waals surface area contributed by atoms with Crippen molar-refractivity contribution in [2.24, 2.45) is 0 Å². The van der Waals surface area contributed by atoms with Crippen LogP contribution >= 0.6 is 0 Å². The average molecular weight is 284 g/mol. The van der Waals surface area contributed by atoms with E-state index >= 15 is 0 Å². The first-order chi connectivity index (χ1) is 9.05. The van der Waals surface area contributed by atoms with Crippen molar-refractivity contribution in [1.29, 1.82) is 0 Å². The van der Waals surface area contributed by atoms with Crippen molar-refractivity contribution in [3.05, 3.63) is 24.3 Å². The van der Waals surface area contributed by atoms with Crippen LogP contribution in [0, 0.1) is 0 Å². The van der Waals surface area contributed by atoms with Crippen molar-refractivity contribution < 1.29 is 8.42 Å². The van der Waals surface area contributed by atoms with E-state index in [1.165, 1.54) is 0 Å². The zero-order valence-electron chi connectivity index (χ0n) is 11.9. The van der Waals surface area contributed by atoms with Gasteiger partial charge in [-0.3, -0.25) is 0 Å². The number of sulfonamides is 1. The van der Waals surface area contributed by atoms with Crippen LogP contribution in [0.4, 0.5) is 5.69 Å². The molecule has 0 amide bonds. The summed E-state index contributed by atoms with van der Waals surface area (Å²) < 4.78 is 26.8. The van der Waals surface area contributed by atoms with E-state index in [9.17, 15) is 8.42 Å². The molecule has 0 aliphatic heterocycles. The molecule has 1 rings (SSSR count). The number of nitrogens with one attached hydrogen (secondary N) is 2. The van der Waals surface area contributed by atoms with Gasteiger partial charge in [-0.1, -0.05) is 39.3 Å². The number of hydrogen-bond donors (Lipinski definition) is 2. The van der Waals surface area contributed by atoms with E-state index in [1.54, 1.807) is 19.1 Å². The Morgan fingerprint density at radius 2 is 1.84 bits per heavy atom. The van der Waals surface area contributed by atoms with Gasteiger partial charge in [-0.25, -0.2) is 13.1 Å². The quantitative estimate of drug-likeness (QED) is 0.771. The SMILES string of the molecule is CCCC(CC)Nc1ccccc1S(=O)(=O)NCC. The fourth-order valence-electron chi connectivity index (χ4n) is 2.03. The number of anilines is 1. The standard InChI is InChI=1S/C14H24N2O2S/c1-4-9-12(5-2)16-13-10-7-8-11-14(13)19(17,18)15-6-3/h7-8,10-12,15-16H,4-6,9H2,1-3H3. The highest BCUT2D eigenvalue weighted by molar-refractivity contribution is 7.89. The molecule has 0 aliphatic rings. The van der Waals surface area contributed by atoms with Crippen LogP contribution in [-0.4, -0.2) is 21.0 Å². The van der Waals surface area contributed by atoms with E-state index in [-0.39, 0.29) is 0 Å². The van der Waals surface area contributed by atoms with Gasteiger partial charge in [0.15, 0.2) is 0 Å². The van der Waals surface area contributed by atoms with Crippen LogP contribution in [0.2, 0.25) is 0 Å². The zero-order chi connectivity index (χ0) is 14.3. The minimum absolute atomic E-state index is 0.308. The molecule has 1 unspecified atom stereocenters. The van der Waals surface area contributed by atoms with Gasteiger partial charge in [0, 0.05) is 12.6 Å². The maximum atomic E-state index is 12.1. The highest BCUT2D eigenvalue weighted by Crippen LogP contribution is 2.22. The molecular weight excluding hydrogens is 260 g/mol. The van der Waals surface area contributed by atoms with Gasteiger partial charge >= 0.3 is 0 Å². The Kier molecular flexibility index (Phi) is 6.31. The molecule has 5 heteroatoms. The summed E-state index contributed by atoms with van der Waals surface area (Å²) in [5.74, 6) is 0. The van der Waals surface area contributed by atoms with Crippen molar-refractivity contribution in [1.82, 2.24) is 4.72 Å². The van der Waals surface area contributed by atoms with Crippen molar-refractivity contribution >= 4 is 15.7 Å². The lowest BCUT2D eigenvalue weighted by Gasteiger charge is -2.20. The van der Waals surface area contributed by atoms with Gasteiger partial charge in [0.25, 0.3) is 0 Å². The molecule has 1 aromatic carbocycles. The van der Waals surface area contributed by atoms with Crippen LogP contribution in [0.5, 0.6) is 0 Å². The van der Waals surface area contributed by atoms with Gasteiger partial charge < -0.3 is 5.32 Å². The Balaban J connectivity index is 3.02. The lowest BCUT2D eigenvalue weighted by atomic mass is 10.1. The van der Waals surface area contributed by atoms with Gasteiger partial charge in [-0.2, -0.15) is 0 Å². The summed E-state index contributed by atoms with van der Waals surface area (Å²) in [6, 6.07) is 7.37. The smallest absolute Gasteiger partial charge is 0.242 e. The molecule has 0 aliphatic carbocycles. The van der Waals surface area contributed by atoms with E-state index in [0.29, 0.717) is 23.2 Å². The van der Waals surface area contributed by atoms with E-state index in [4.69, 9.17) is 0 Å². The minimum atomic E-state index is -3.42. The molecule has 0 bridgehead atoms. The summed E-state index contributed by atoms with van der Waals surface area (Å²) in [5, 5.41) is 3.34. The highest BCUT2D eigenvalue weighted by Gasteiger charge is 2.18. The molecule has 0 spiro atoms. The molecule has 1 atom stereocenters. The third kappa shape index (κ3) is 4.51. The summed E-state index contributed by atoms with van der Waals surface area (Å²) in [6.07, 6.45) is 3.09. The monoisotopic (exact) mass is 284 g/mol. The van der Waals surface area contributed by atoms with Crippen LogP contribution in [0.1, 0.15) is 40.0 Å². The summed E-state index contributed by atoms with van der Waals surface area (Å²) >= 11 is 0. The fourth-order valence-corrected chi connectivity index (χ4v) is 3.24. The first-order valence-electron chi connectivity index (χ1n) is 6.90. The van der Waals surface area contributed by atoms with Gasteiger partial charge in [0.1, 0.15) is 4.90 Å². The Bertz CT molecular complexity index is 486. The lowest BCUT2D eigenvalue weighted by Crippen LogP contribution is -2.26. The molecule has 0 radical (unpaired) electrons. The Labute approximate surface area is 116 Å². The topological polar surface area (TPSA) is 58.2 Å². The zero-order valence-corrected chi connectivity index (χ0v) is 12.8. The average Bonchev–Trinajstić information content (AvgIpc) is 2.38. The van der Waals surface area contributed by atoms with Crippen molar-refractivity contribution in [2.75, 3.05) is 11.9 Å². The molecule has 108 valence electrons. The van der Waals surface area contributed by atoms with Crippen LogP contribution in [0.25, 0.3) is 0 Å². The molecule has 0 saturated heterocycles. The van der Waals surface area contributed by atoms with E-state index in [1.807, 2.05) is 12.1 Å². The first-order valence-corrected chi connectivity index (χ1v) is 8.38. The Morgan fingerprint density at radius 3 is 2.42 bits per heavy atom. The molecule has 0 saturated carbocycles. The van der Waals surface area contributed by atoms with Gasteiger partial charge in [0.2, 0.25) is 10.0 Å². The van der Waals surface area contributed by atoms with Gasteiger partial charge in [-0.15, -0.1) is 0 Å². The highest BCUT2D eigenvalue weighted by atomic mass is 32.2. The van der Waals surface area contributed by atoms with Crippen LogP contribution < -0.4 is 10.0 Å². The second kappa shape index (κ2) is 7.50. The number of hydrogen-bond acceptors (Lipinski definition) is 3. The third-order valence-electron chi connectivity index (χ3n) is 3.00. The summed E-state index contributed by atoms with van der Waals surface area (Å²) in [5.41, 5.74) is 0.684. The second-order valence-electron chi connectivity index (χ2n) is 4.54. The lowest BCUT2D eigenvalue weighted by molar-refractivity contribution is 0.583. The first kappa shape index (κ1) is 16.0. The molecular formula is C14H24N2O2S. The second-order valence-corrected chi connectivity index (χ2v) is 6.27. The Hall–Kier alpha value is -1.07. The van der Waals surface area contributed by atoms with E-state index in [0.717, 1.165) is 19.3 Å². The minimum Gasteiger partial charge on any atom is -0.381 e. The maximum Gasteiger partial charge on any atom is 0.242 e. The predicted octanol–water partition coefficient (Wildman–Crippen LogP) is 2.98. The number of benzene rings is 1. The molecule has 1 aromatic rings. The van der Waals surface area contributed by atoms with Crippen LogP contribution in [-0.2, 0) is 10.0 Å². The molecule has 19 heavy (non-hydrogen) atoms. The number of para-hydroxylation sites is 1. The summed E-state index contributed by atoms with van der Waals surface area (Å²) in [6.45, 7) is 6.41. The van der Waals surface area contributed by atoms with Crippen molar-refractivity contribution in [2.45, 2.75) is 51.0 Å². The largest absolute Gasteiger partial charge is 0.381 e. The third-order valence-corrected chi connectivity index (χ3v) is 4.60. The Morgan fingerprint density at radius 1 is 1.16 bits per heavy atom. The van der Waals surface area contributed by atoms with Gasteiger partial charge in [0.05, 0.1) is 5.69 Å². The number of rotatable bonds is 8. The molecule has 0 aromatic heterocycles. The molecule has 4 nitrogen and oxygen atoms in total. The van der Waals surface area contributed by atoms with Crippen molar-refractivity contribution in [3.8, 4) is 0 Å². The predicted molar refractivity (Wildman–Crippen MR) is 79.9 cm³/mol. The van der Waals surface area contributed by atoms with E-state index < -0.39 is 10.0 Å².